The van der Waals surface area contributed by atoms with Crippen LogP contribution in [0, 0.1) is 0 Å². The topological polar surface area (TPSA) is 54.9 Å². The second kappa shape index (κ2) is 11.6. The van der Waals surface area contributed by atoms with E-state index in [4.69, 9.17) is 9.47 Å². The Labute approximate surface area is 168 Å². The maximum Gasteiger partial charge on any atom is 0.416 e. The van der Waals surface area contributed by atoms with Crippen LogP contribution in [-0.4, -0.2) is 45.5 Å². The Balaban J connectivity index is 0.00000338. The first-order valence-electron chi connectivity index (χ1n) is 8.29. The molecule has 26 heavy (non-hydrogen) atoms. The predicted molar refractivity (Wildman–Crippen MR) is 105 cm³/mol. The number of guanidine groups is 1. The van der Waals surface area contributed by atoms with Crippen LogP contribution in [0.3, 0.4) is 0 Å². The molecule has 1 aliphatic heterocycles. The van der Waals surface area contributed by atoms with Crippen molar-refractivity contribution in [2.45, 2.75) is 31.7 Å². The molecule has 2 rings (SSSR count). The Morgan fingerprint density at radius 1 is 1.27 bits per heavy atom. The van der Waals surface area contributed by atoms with Crippen molar-refractivity contribution >= 4 is 29.9 Å². The SMILES string of the molecule is CN=C(NCCCOC1CCOC1)NCc1ccc(C(F)(F)F)cc1.I. The van der Waals surface area contributed by atoms with E-state index in [-0.39, 0.29) is 30.1 Å². The first-order valence-corrected chi connectivity index (χ1v) is 8.29. The van der Waals surface area contributed by atoms with Crippen LogP contribution in [0.1, 0.15) is 24.0 Å². The number of hydrogen-bond acceptors (Lipinski definition) is 3. The number of hydrogen-bond donors (Lipinski definition) is 2. The van der Waals surface area contributed by atoms with Gasteiger partial charge in [-0.25, -0.2) is 0 Å². The van der Waals surface area contributed by atoms with Crippen LogP contribution in [0.15, 0.2) is 29.3 Å². The average Bonchev–Trinajstić information content (AvgIpc) is 3.10. The molecule has 1 aromatic rings. The van der Waals surface area contributed by atoms with Crippen molar-refractivity contribution in [1.29, 1.82) is 0 Å². The zero-order chi connectivity index (χ0) is 18.1. The first kappa shape index (κ1) is 23.0. The van der Waals surface area contributed by atoms with Gasteiger partial charge in [-0.1, -0.05) is 12.1 Å². The molecule has 0 radical (unpaired) electrons. The summed E-state index contributed by atoms with van der Waals surface area (Å²) < 4.78 is 48.5. The number of nitrogens with zero attached hydrogens (tertiary/aromatic N) is 1. The highest BCUT2D eigenvalue weighted by molar-refractivity contribution is 14.0. The quantitative estimate of drug-likeness (QED) is 0.269. The van der Waals surface area contributed by atoms with E-state index in [2.05, 4.69) is 15.6 Å². The molecule has 0 amide bonds. The molecule has 5 nitrogen and oxygen atoms in total. The number of nitrogens with one attached hydrogen (secondary N) is 2. The van der Waals surface area contributed by atoms with Crippen molar-refractivity contribution in [3.05, 3.63) is 35.4 Å². The number of halogens is 4. The minimum atomic E-state index is -4.31. The van der Waals surface area contributed by atoms with E-state index in [1.807, 2.05) is 0 Å². The fourth-order valence-corrected chi connectivity index (χ4v) is 2.39. The summed E-state index contributed by atoms with van der Waals surface area (Å²) in [6.07, 6.45) is -2.32. The van der Waals surface area contributed by atoms with E-state index < -0.39 is 11.7 Å². The van der Waals surface area contributed by atoms with E-state index in [0.717, 1.165) is 37.1 Å². The van der Waals surface area contributed by atoms with Crippen molar-refractivity contribution in [3.8, 4) is 0 Å². The Morgan fingerprint density at radius 3 is 2.58 bits per heavy atom. The Bertz CT molecular complexity index is 547. The zero-order valence-corrected chi connectivity index (χ0v) is 17.0. The van der Waals surface area contributed by atoms with Gasteiger partial charge in [0.05, 0.1) is 18.3 Å². The van der Waals surface area contributed by atoms with Crippen LogP contribution in [0.25, 0.3) is 0 Å². The zero-order valence-electron chi connectivity index (χ0n) is 14.6. The van der Waals surface area contributed by atoms with E-state index >= 15 is 0 Å². The molecular weight excluding hydrogens is 462 g/mol. The molecule has 0 spiro atoms. The molecule has 0 bridgehead atoms. The Hall–Kier alpha value is -1.07. The normalized spacial score (nSPS) is 17.7. The summed E-state index contributed by atoms with van der Waals surface area (Å²) in [4.78, 5) is 4.09. The van der Waals surface area contributed by atoms with Gasteiger partial charge < -0.3 is 20.1 Å². The monoisotopic (exact) mass is 487 g/mol. The van der Waals surface area contributed by atoms with Crippen molar-refractivity contribution in [1.82, 2.24) is 10.6 Å². The molecular formula is C17H25F3IN3O2. The van der Waals surface area contributed by atoms with Crippen LogP contribution in [-0.2, 0) is 22.2 Å². The fourth-order valence-electron chi connectivity index (χ4n) is 2.39. The predicted octanol–water partition coefficient (Wildman–Crippen LogP) is 3.18. The smallest absolute Gasteiger partial charge is 0.379 e. The lowest BCUT2D eigenvalue weighted by atomic mass is 10.1. The third-order valence-electron chi connectivity index (χ3n) is 3.82. The standard InChI is InChI=1S/C17H24F3N3O2.HI/c1-21-16(22-8-2-9-25-15-7-10-24-12-15)23-11-13-3-5-14(6-4-13)17(18,19)20;/h3-6,15H,2,7-12H2,1H3,(H2,21,22,23);1H. The molecule has 2 N–H and O–H groups in total. The molecule has 0 aromatic heterocycles. The molecule has 1 fully saturated rings. The molecule has 1 heterocycles. The second-order valence-electron chi connectivity index (χ2n) is 5.76. The van der Waals surface area contributed by atoms with Gasteiger partial charge in [0.25, 0.3) is 0 Å². The van der Waals surface area contributed by atoms with Gasteiger partial charge in [0.15, 0.2) is 5.96 Å². The molecule has 1 atom stereocenters. The highest BCUT2D eigenvalue weighted by atomic mass is 127. The first-order chi connectivity index (χ1) is 12.0. The van der Waals surface area contributed by atoms with Gasteiger partial charge >= 0.3 is 6.18 Å². The van der Waals surface area contributed by atoms with Gasteiger partial charge in [-0.3, -0.25) is 4.99 Å². The number of aliphatic imine (C=N–C) groups is 1. The molecule has 0 saturated carbocycles. The van der Waals surface area contributed by atoms with E-state index in [0.29, 0.717) is 32.3 Å². The van der Waals surface area contributed by atoms with Crippen molar-refractivity contribution in [3.63, 3.8) is 0 Å². The van der Waals surface area contributed by atoms with Gasteiger partial charge in [0, 0.05) is 33.4 Å². The summed E-state index contributed by atoms with van der Waals surface area (Å²) in [5.41, 5.74) is 0.104. The molecule has 1 aromatic carbocycles. The number of ether oxygens (including phenoxy) is 2. The maximum atomic E-state index is 12.5. The summed E-state index contributed by atoms with van der Waals surface area (Å²) in [6, 6.07) is 5.08. The minimum absolute atomic E-state index is 0. The maximum absolute atomic E-state index is 12.5. The molecule has 1 saturated heterocycles. The molecule has 148 valence electrons. The number of benzene rings is 1. The van der Waals surface area contributed by atoms with Crippen LogP contribution >= 0.6 is 24.0 Å². The summed E-state index contributed by atoms with van der Waals surface area (Å²) in [6.45, 7) is 3.18. The number of rotatable bonds is 7. The molecule has 1 aliphatic rings. The van der Waals surface area contributed by atoms with Gasteiger partial charge in [-0.15, -0.1) is 24.0 Å². The Kier molecular flexibility index (Phi) is 10.3. The number of alkyl halides is 3. The lowest BCUT2D eigenvalue weighted by Crippen LogP contribution is -2.37. The second-order valence-corrected chi connectivity index (χ2v) is 5.76. The van der Waals surface area contributed by atoms with Crippen LogP contribution in [0.5, 0.6) is 0 Å². The van der Waals surface area contributed by atoms with Crippen LogP contribution in [0.4, 0.5) is 13.2 Å². The summed E-state index contributed by atoms with van der Waals surface area (Å²) in [7, 11) is 1.65. The highest BCUT2D eigenvalue weighted by Crippen LogP contribution is 2.29. The van der Waals surface area contributed by atoms with Gasteiger partial charge in [0.2, 0.25) is 0 Å². The van der Waals surface area contributed by atoms with Crippen LogP contribution < -0.4 is 10.6 Å². The third kappa shape index (κ3) is 8.09. The van der Waals surface area contributed by atoms with E-state index in [9.17, 15) is 13.2 Å². The average molecular weight is 487 g/mol. The minimum Gasteiger partial charge on any atom is -0.379 e. The summed E-state index contributed by atoms with van der Waals surface area (Å²) in [5, 5.41) is 6.22. The summed E-state index contributed by atoms with van der Waals surface area (Å²) in [5.74, 6) is 0.601. The van der Waals surface area contributed by atoms with Crippen LogP contribution in [0.2, 0.25) is 0 Å². The van der Waals surface area contributed by atoms with Gasteiger partial charge in [-0.05, 0) is 30.5 Å². The van der Waals surface area contributed by atoms with Crippen molar-refractivity contribution < 1.29 is 22.6 Å². The largest absolute Gasteiger partial charge is 0.416 e. The lowest BCUT2D eigenvalue weighted by Gasteiger charge is -2.13. The van der Waals surface area contributed by atoms with Gasteiger partial charge in [-0.2, -0.15) is 13.2 Å². The fraction of sp³-hybridized carbons (Fsp3) is 0.588. The Morgan fingerprint density at radius 2 is 2.00 bits per heavy atom. The van der Waals surface area contributed by atoms with E-state index in [1.165, 1.54) is 12.1 Å². The molecule has 0 aliphatic carbocycles. The van der Waals surface area contributed by atoms with Crippen molar-refractivity contribution in [2.24, 2.45) is 4.99 Å². The lowest BCUT2D eigenvalue weighted by molar-refractivity contribution is -0.137. The van der Waals surface area contributed by atoms with Crippen molar-refractivity contribution in [2.75, 3.05) is 33.4 Å². The molecule has 1 unspecified atom stereocenters. The molecule has 9 heteroatoms. The van der Waals surface area contributed by atoms with E-state index in [1.54, 1.807) is 7.05 Å². The summed E-state index contributed by atoms with van der Waals surface area (Å²) >= 11 is 0. The third-order valence-corrected chi connectivity index (χ3v) is 3.82. The van der Waals surface area contributed by atoms with Gasteiger partial charge in [0.1, 0.15) is 0 Å². The highest BCUT2D eigenvalue weighted by Gasteiger charge is 2.29.